The first-order valence-electron chi connectivity index (χ1n) is 10.8. The summed E-state index contributed by atoms with van der Waals surface area (Å²) in [5.74, 6) is -1.80. The fourth-order valence-corrected chi connectivity index (χ4v) is 5.70. The molecule has 1 fully saturated rings. The lowest BCUT2D eigenvalue weighted by molar-refractivity contribution is -0.132. The van der Waals surface area contributed by atoms with Gasteiger partial charge in [-0.25, -0.2) is 14.4 Å². The van der Waals surface area contributed by atoms with E-state index >= 15 is 0 Å². The predicted octanol–water partition coefficient (Wildman–Crippen LogP) is 2.45. The molecule has 3 aromatic rings. The normalized spacial score (nSPS) is 20.9. The van der Waals surface area contributed by atoms with Crippen LogP contribution in [0.4, 0.5) is 4.39 Å². The number of pyridine rings is 1. The van der Waals surface area contributed by atoms with Gasteiger partial charge in [0.05, 0.1) is 23.6 Å². The van der Waals surface area contributed by atoms with Gasteiger partial charge in [0.2, 0.25) is 5.91 Å². The van der Waals surface area contributed by atoms with Gasteiger partial charge in [0.15, 0.2) is 5.96 Å². The summed E-state index contributed by atoms with van der Waals surface area (Å²) in [6.45, 7) is 0.241. The number of nitrogens with two attached hydrogens (primary N) is 1. The predicted molar refractivity (Wildman–Crippen MR) is 129 cm³/mol. The third-order valence-electron chi connectivity index (χ3n) is 6.56. The number of thiophene rings is 1. The first kappa shape index (κ1) is 23.1. The van der Waals surface area contributed by atoms with E-state index in [0.29, 0.717) is 11.1 Å². The molecule has 0 spiro atoms. The number of likely N-dealkylation sites (tertiary alicyclic amines) is 1. The van der Waals surface area contributed by atoms with E-state index in [1.807, 2.05) is 23.6 Å². The van der Waals surface area contributed by atoms with E-state index in [9.17, 15) is 19.2 Å². The lowest BCUT2D eigenvalue weighted by atomic mass is 9.83. The number of aliphatic imine (C=N–C) groups is 1. The largest absolute Gasteiger partial charge is 0.369 e. The molecule has 1 aromatic carbocycles. The van der Waals surface area contributed by atoms with Gasteiger partial charge in [0.25, 0.3) is 5.91 Å². The molecule has 2 amide bonds. The second kappa shape index (κ2) is 8.56. The monoisotopic (exact) mass is 499 g/mol. The summed E-state index contributed by atoms with van der Waals surface area (Å²) in [6.07, 6.45) is 1.34. The number of amides is 2. The highest BCUT2D eigenvalue weighted by atomic mass is 32.1. The molecule has 0 bridgehead atoms. The molecule has 9 nitrogen and oxygen atoms in total. The van der Waals surface area contributed by atoms with Crippen molar-refractivity contribution < 1.29 is 14.0 Å². The van der Waals surface area contributed by atoms with Crippen LogP contribution in [0, 0.1) is 34.4 Å². The number of aromatic nitrogens is 1. The van der Waals surface area contributed by atoms with E-state index in [2.05, 4.69) is 4.98 Å². The molecule has 5 rings (SSSR count). The molecule has 0 aliphatic carbocycles. The van der Waals surface area contributed by atoms with Gasteiger partial charge in [-0.3, -0.25) is 14.5 Å². The third kappa shape index (κ3) is 3.58. The Kier molecular flexibility index (Phi) is 5.50. The summed E-state index contributed by atoms with van der Waals surface area (Å²) < 4.78 is 13.8. The van der Waals surface area contributed by atoms with E-state index in [0.717, 1.165) is 10.4 Å². The Hall–Kier alpha value is -4.61. The van der Waals surface area contributed by atoms with Crippen LogP contribution in [0.1, 0.15) is 26.5 Å². The molecular weight excluding hydrogens is 481 g/mol. The highest BCUT2D eigenvalue weighted by molar-refractivity contribution is 7.10. The van der Waals surface area contributed by atoms with Crippen molar-refractivity contribution >= 4 is 29.1 Å². The number of hydrogen-bond acceptors (Lipinski definition) is 8. The molecule has 36 heavy (non-hydrogen) atoms. The van der Waals surface area contributed by atoms with Crippen LogP contribution in [0.3, 0.4) is 0 Å². The molecule has 178 valence electrons. The van der Waals surface area contributed by atoms with Crippen LogP contribution >= 0.6 is 11.3 Å². The average molecular weight is 500 g/mol. The molecule has 0 radical (unpaired) electrons. The van der Waals surface area contributed by atoms with Crippen molar-refractivity contribution in [3.63, 3.8) is 0 Å². The number of rotatable bonds is 3. The summed E-state index contributed by atoms with van der Waals surface area (Å²) >= 11 is 1.36. The maximum Gasteiger partial charge on any atom is 0.255 e. The number of carbonyl (C=O) groups is 2. The van der Waals surface area contributed by atoms with Gasteiger partial charge >= 0.3 is 0 Å². The third-order valence-corrected chi connectivity index (χ3v) is 7.65. The Labute approximate surface area is 209 Å². The number of fused-ring (bicyclic) bond motifs is 1. The Morgan fingerprint density at radius 2 is 2.03 bits per heavy atom. The Balaban J connectivity index is 1.55. The summed E-state index contributed by atoms with van der Waals surface area (Å²) in [5, 5.41) is 20.0. The van der Waals surface area contributed by atoms with Crippen LogP contribution in [0.2, 0.25) is 0 Å². The minimum Gasteiger partial charge on any atom is -0.369 e. The first-order valence-corrected chi connectivity index (χ1v) is 11.7. The number of guanidine groups is 1. The number of nitriles is 2. The van der Waals surface area contributed by atoms with Gasteiger partial charge in [-0.1, -0.05) is 6.07 Å². The lowest BCUT2D eigenvalue weighted by Crippen LogP contribution is -2.54. The minimum absolute atomic E-state index is 0.0501. The van der Waals surface area contributed by atoms with Crippen molar-refractivity contribution in [1.82, 2.24) is 14.8 Å². The number of nitrogens with zero attached hydrogens (tertiary/aromatic N) is 6. The first-order chi connectivity index (χ1) is 17.3. The van der Waals surface area contributed by atoms with Crippen molar-refractivity contribution in [2.75, 3.05) is 20.1 Å². The Bertz CT molecular complexity index is 1520. The van der Waals surface area contributed by atoms with Crippen molar-refractivity contribution in [3.8, 4) is 23.3 Å². The van der Waals surface area contributed by atoms with Crippen LogP contribution in [0.5, 0.6) is 0 Å². The van der Waals surface area contributed by atoms with Crippen molar-refractivity contribution in [3.05, 3.63) is 75.5 Å². The van der Waals surface area contributed by atoms with E-state index < -0.39 is 17.3 Å². The molecule has 2 aliphatic heterocycles. The van der Waals surface area contributed by atoms with Crippen LogP contribution in [0.15, 0.2) is 53.0 Å². The topological polar surface area (TPSA) is 139 Å². The van der Waals surface area contributed by atoms with Crippen molar-refractivity contribution in [2.45, 2.75) is 5.54 Å². The van der Waals surface area contributed by atoms with E-state index in [-0.39, 0.29) is 42.1 Å². The van der Waals surface area contributed by atoms with Gasteiger partial charge in [0.1, 0.15) is 29.2 Å². The highest BCUT2D eigenvalue weighted by Crippen LogP contribution is 2.47. The zero-order valence-electron chi connectivity index (χ0n) is 19.0. The van der Waals surface area contributed by atoms with Crippen molar-refractivity contribution in [1.29, 1.82) is 10.5 Å². The lowest BCUT2D eigenvalue weighted by Gasteiger charge is -2.36. The molecule has 11 heteroatoms. The van der Waals surface area contributed by atoms with Crippen molar-refractivity contribution in [2.24, 2.45) is 16.6 Å². The molecule has 4 heterocycles. The maximum absolute atomic E-state index is 13.8. The van der Waals surface area contributed by atoms with Crippen LogP contribution in [0.25, 0.3) is 11.1 Å². The van der Waals surface area contributed by atoms with Gasteiger partial charge in [-0.2, -0.15) is 10.5 Å². The molecule has 2 unspecified atom stereocenters. The number of hydrogen-bond donors (Lipinski definition) is 1. The smallest absolute Gasteiger partial charge is 0.255 e. The number of carbonyl (C=O) groups excluding carboxylic acids is 2. The van der Waals surface area contributed by atoms with Crippen LogP contribution in [-0.2, 0) is 10.3 Å². The van der Waals surface area contributed by atoms with Gasteiger partial charge in [-0.15, -0.1) is 11.3 Å². The summed E-state index contributed by atoms with van der Waals surface area (Å²) in [5.41, 5.74) is 6.83. The molecule has 2 aliphatic rings. The Morgan fingerprint density at radius 3 is 2.72 bits per heavy atom. The van der Waals surface area contributed by atoms with E-state index in [4.69, 9.17) is 16.0 Å². The van der Waals surface area contributed by atoms with Crippen LogP contribution < -0.4 is 5.73 Å². The molecular formula is C25H18FN7O2S. The second-order valence-electron chi connectivity index (χ2n) is 8.58. The fraction of sp³-hybridized carbons (Fsp3) is 0.200. The average Bonchev–Trinajstić information content (AvgIpc) is 3.54. The molecule has 2 atom stereocenters. The molecule has 2 aromatic heterocycles. The quantitative estimate of drug-likeness (QED) is 0.587. The van der Waals surface area contributed by atoms with Gasteiger partial charge in [0, 0.05) is 24.7 Å². The van der Waals surface area contributed by atoms with Crippen LogP contribution in [-0.4, -0.2) is 52.7 Å². The molecule has 0 saturated carbocycles. The minimum atomic E-state index is -1.09. The van der Waals surface area contributed by atoms with E-state index in [1.165, 1.54) is 46.7 Å². The van der Waals surface area contributed by atoms with Gasteiger partial charge in [-0.05, 0) is 46.8 Å². The fourth-order valence-electron chi connectivity index (χ4n) is 4.59. The second-order valence-corrected chi connectivity index (χ2v) is 9.49. The number of benzene rings is 1. The molecule has 2 N–H and O–H groups in total. The maximum atomic E-state index is 13.8. The SMILES string of the molecule is CN1C(=O)C2CN(C(=O)c3ccc(C#N)nc3)CC2(c2cc(-c3ccc(F)c(C#N)c3)cs2)N=C1N. The summed E-state index contributed by atoms with van der Waals surface area (Å²) in [6, 6.07) is 12.9. The molecule has 1 saturated heterocycles. The Morgan fingerprint density at radius 1 is 1.22 bits per heavy atom. The highest BCUT2D eigenvalue weighted by Gasteiger charge is 2.57. The summed E-state index contributed by atoms with van der Waals surface area (Å²) in [4.78, 5) is 38.8. The zero-order valence-corrected chi connectivity index (χ0v) is 19.8. The summed E-state index contributed by atoms with van der Waals surface area (Å²) in [7, 11) is 1.54. The van der Waals surface area contributed by atoms with Gasteiger partial charge < -0.3 is 10.6 Å². The number of halogens is 1. The van der Waals surface area contributed by atoms with E-state index in [1.54, 1.807) is 18.0 Å². The standard InChI is InChI=1S/C25H18FN7O2S/c1-32-23(35)19-11-33(22(34)15-2-4-18(9-28)30-10-15)13-25(19,31-24(32)29)21-7-17(12-36-21)14-3-5-20(26)16(6-14)8-27/h2-7,10,12,19H,11,13H2,1H3,(H2,29,31). The zero-order chi connectivity index (χ0) is 25.6.